The SMILES string of the molecule is CNCc1cccc(S(=O)(=O)Nc2ccccc2Br)c1. The minimum atomic E-state index is -3.58. The van der Waals surface area contributed by atoms with E-state index in [2.05, 4.69) is 26.0 Å². The number of rotatable bonds is 5. The topological polar surface area (TPSA) is 58.2 Å². The van der Waals surface area contributed by atoms with Gasteiger partial charge in [-0.2, -0.15) is 0 Å². The minimum Gasteiger partial charge on any atom is -0.316 e. The van der Waals surface area contributed by atoms with Gasteiger partial charge < -0.3 is 5.32 Å². The predicted octanol–water partition coefficient (Wildman–Crippen LogP) is 2.97. The number of anilines is 1. The molecule has 0 amide bonds. The van der Waals surface area contributed by atoms with Crippen LogP contribution < -0.4 is 10.0 Å². The van der Waals surface area contributed by atoms with Crippen LogP contribution in [0.25, 0.3) is 0 Å². The van der Waals surface area contributed by atoms with Crippen molar-refractivity contribution < 1.29 is 8.42 Å². The van der Waals surface area contributed by atoms with Crippen molar-refractivity contribution in [2.24, 2.45) is 0 Å². The maximum atomic E-state index is 12.4. The van der Waals surface area contributed by atoms with Crippen LogP contribution in [0.5, 0.6) is 0 Å². The van der Waals surface area contributed by atoms with Crippen LogP contribution in [0.1, 0.15) is 5.56 Å². The van der Waals surface area contributed by atoms with Gasteiger partial charge in [0.05, 0.1) is 10.6 Å². The third-order valence-corrected chi connectivity index (χ3v) is 4.76. The van der Waals surface area contributed by atoms with E-state index in [0.29, 0.717) is 16.7 Å². The first-order valence-electron chi connectivity index (χ1n) is 6.04. The Bertz CT molecular complexity index is 702. The molecule has 2 rings (SSSR count). The van der Waals surface area contributed by atoms with Crippen LogP contribution in [0.15, 0.2) is 57.9 Å². The molecular weight excluding hydrogens is 340 g/mol. The van der Waals surface area contributed by atoms with Crippen LogP contribution in [-0.2, 0) is 16.6 Å². The number of hydrogen-bond acceptors (Lipinski definition) is 3. The molecule has 0 saturated heterocycles. The average Bonchev–Trinajstić information content (AvgIpc) is 2.42. The van der Waals surface area contributed by atoms with Crippen molar-refractivity contribution in [3.8, 4) is 0 Å². The maximum absolute atomic E-state index is 12.4. The minimum absolute atomic E-state index is 0.251. The molecule has 0 aliphatic heterocycles. The highest BCUT2D eigenvalue weighted by Gasteiger charge is 2.15. The van der Waals surface area contributed by atoms with Crippen LogP contribution in [0, 0.1) is 0 Å². The Morgan fingerprint density at radius 3 is 2.55 bits per heavy atom. The van der Waals surface area contributed by atoms with Crippen LogP contribution in [0.4, 0.5) is 5.69 Å². The number of hydrogen-bond donors (Lipinski definition) is 2. The number of benzene rings is 2. The van der Waals surface area contributed by atoms with E-state index in [9.17, 15) is 8.42 Å². The lowest BCUT2D eigenvalue weighted by Crippen LogP contribution is -2.14. The van der Waals surface area contributed by atoms with E-state index in [1.54, 1.807) is 36.4 Å². The fourth-order valence-corrected chi connectivity index (χ4v) is 3.44. The van der Waals surface area contributed by atoms with Crippen molar-refractivity contribution in [2.45, 2.75) is 11.4 Å². The van der Waals surface area contributed by atoms with Gasteiger partial charge in [0.25, 0.3) is 10.0 Å². The summed E-state index contributed by atoms with van der Waals surface area (Å²) in [6.45, 7) is 0.623. The summed E-state index contributed by atoms with van der Waals surface area (Å²) in [4.78, 5) is 0.251. The summed E-state index contributed by atoms with van der Waals surface area (Å²) in [5, 5.41) is 3.00. The zero-order valence-electron chi connectivity index (χ0n) is 10.9. The second kappa shape index (κ2) is 6.39. The summed E-state index contributed by atoms with van der Waals surface area (Å²) >= 11 is 3.32. The molecule has 0 aromatic heterocycles. The van der Waals surface area contributed by atoms with E-state index in [1.165, 1.54) is 0 Å². The first-order valence-corrected chi connectivity index (χ1v) is 8.31. The summed E-state index contributed by atoms with van der Waals surface area (Å²) in [6.07, 6.45) is 0. The predicted molar refractivity (Wildman–Crippen MR) is 84.2 cm³/mol. The van der Waals surface area contributed by atoms with Crippen molar-refractivity contribution in [3.63, 3.8) is 0 Å². The molecule has 0 bridgehead atoms. The van der Waals surface area contributed by atoms with Gasteiger partial charge in [-0.15, -0.1) is 0 Å². The molecule has 0 radical (unpaired) electrons. The van der Waals surface area contributed by atoms with E-state index < -0.39 is 10.0 Å². The summed E-state index contributed by atoms with van der Waals surface area (Å²) in [6, 6.07) is 14.0. The van der Waals surface area contributed by atoms with Gasteiger partial charge in [-0.25, -0.2) is 8.42 Å². The Morgan fingerprint density at radius 2 is 1.85 bits per heavy atom. The molecule has 0 aliphatic carbocycles. The Balaban J connectivity index is 2.31. The molecule has 0 atom stereocenters. The molecule has 0 heterocycles. The van der Waals surface area contributed by atoms with Crippen molar-refractivity contribution in [3.05, 3.63) is 58.6 Å². The van der Waals surface area contributed by atoms with E-state index in [1.807, 2.05) is 19.2 Å². The normalized spacial score (nSPS) is 11.3. The summed E-state index contributed by atoms with van der Waals surface area (Å²) in [7, 11) is -1.76. The van der Waals surface area contributed by atoms with Gasteiger partial charge in [-0.1, -0.05) is 24.3 Å². The third-order valence-electron chi connectivity index (χ3n) is 2.71. The molecule has 2 aromatic rings. The van der Waals surface area contributed by atoms with Gasteiger partial charge in [-0.05, 0) is 52.8 Å². The monoisotopic (exact) mass is 354 g/mol. The van der Waals surface area contributed by atoms with E-state index in [0.717, 1.165) is 5.56 Å². The molecule has 2 N–H and O–H groups in total. The average molecular weight is 355 g/mol. The molecule has 0 saturated carbocycles. The summed E-state index contributed by atoms with van der Waals surface area (Å²) in [5.74, 6) is 0. The Kier molecular flexibility index (Phi) is 4.80. The zero-order chi connectivity index (χ0) is 14.6. The second-order valence-electron chi connectivity index (χ2n) is 4.26. The van der Waals surface area contributed by atoms with Crippen LogP contribution >= 0.6 is 15.9 Å². The highest BCUT2D eigenvalue weighted by atomic mass is 79.9. The highest BCUT2D eigenvalue weighted by molar-refractivity contribution is 9.10. The Hall–Kier alpha value is -1.37. The van der Waals surface area contributed by atoms with Gasteiger partial charge >= 0.3 is 0 Å². The number of para-hydroxylation sites is 1. The highest BCUT2D eigenvalue weighted by Crippen LogP contribution is 2.24. The molecule has 6 heteroatoms. The van der Waals surface area contributed by atoms with E-state index in [-0.39, 0.29) is 4.90 Å². The molecule has 0 aliphatic rings. The quantitative estimate of drug-likeness (QED) is 0.867. The largest absolute Gasteiger partial charge is 0.316 e. The van der Waals surface area contributed by atoms with Crippen LogP contribution in [0.2, 0.25) is 0 Å². The number of halogens is 1. The molecule has 4 nitrogen and oxygen atoms in total. The lowest BCUT2D eigenvalue weighted by molar-refractivity contribution is 0.601. The fraction of sp³-hybridized carbons (Fsp3) is 0.143. The molecule has 0 unspecified atom stereocenters. The fourth-order valence-electron chi connectivity index (χ4n) is 1.77. The number of sulfonamides is 1. The van der Waals surface area contributed by atoms with Crippen molar-refractivity contribution in [1.29, 1.82) is 0 Å². The molecule has 0 spiro atoms. The zero-order valence-corrected chi connectivity index (χ0v) is 13.3. The molecular formula is C14H15BrN2O2S. The summed E-state index contributed by atoms with van der Waals surface area (Å²) in [5.41, 5.74) is 1.44. The van der Waals surface area contributed by atoms with Gasteiger partial charge in [-0.3, -0.25) is 4.72 Å². The van der Waals surface area contributed by atoms with E-state index >= 15 is 0 Å². The lowest BCUT2D eigenvalue weighted by Gasteiger charge is -2.10. The van der Waals surface area contributed by atoms with Crippen molar-refractivity contribution in [1.82, 2.24) is 5.32 Å². The van der Waals surface area contributed by atoms with Gasteiger partial charge in [0.2, 0.25) is 0 Å². The standard InChI is InChI=1S/C14H15BrN2O2S/c1-16-10-11-5-4-6-12(9-11)20(18,19)17-14-8-3-2-7-13(14)15/h2-9,16-17H,10H2,1H3. The first kappa shape index (κ1) is 15.0. The Labute approximate surface area is 127 Å². The van der Waals surface area contributed by atoms with Crippen LogP contribution in [0.3, 0.4) is 0 Å². The second-order valence-corrected chi connectivity index (χ2v) is 6.80. The lowest BCUT2D eigenvalue weighted by atomic mass is 10.2. The summed E-state index contributed by atoms with van der Waals surface area (Å²) < 4.78 is 28.0. The molecule has 20 heavy (non-hydrogen) atoms. The molecule has 2 aromatic carbocycles. The van der Waals surface area contributed by atoms with Crippen molar-refractivity contribution in [2.75, 3.05) is 11.8 Å². The van der Waals surface area contributed by atoms with Gasteiger partial charge in [0.15, 0.2) is 0 Å². The first-order chi connectivity index (χ1) is 9.53. The molecule has 0 fully saturated rings. The Morgan fingerprint density at radius 1 is 1.10 bits per heavy atom. The van der Waals surface area contributed by atoms with Crippen molar-refractivity contribution >= 4 is 31.6 Å². The van der Waals surface area contributed by atoms with Gasteiger partial charge in [0.1, 0.15) is 0 Å². The smallest absolute Gasteiger partial charge is 0.261 e. The number of nitrogens with one attached hydrogen (secondary N) is 2. The molecule has 106 valence electrons. The third kappa shape index (κ3) is 3.59. The van der Waals surface area contributed by atoms with E-state index in [4.69, 9.17) is 0 Å². The van der Waals surface area contributed by atoms with Crippen LogP contribution in [-0.4, -0.2) is 15.5 Å². The maximum Gasteiger partial charge on any atom is 0.261 e. The van der Waals surface area contributed by atoms with Gasteiger partial charge in [0, 0.05) is 11.0 Å².